The van der Waals surface area contributed by atoms with E-state index in [4.69, 9.17) is 4.74 Å². The van der Waals surface area contributed by atoms with Crippen LogP contribution in [0.25, 0.3) is 0 Å². The molecule has 1 aromatic carbocycles. The molecule has 1 atom stereocenters. The van der Waals surface area contributed by atoms with E-state index in [9.17, 15) is 4.79 Å². The van der Waals surface area contributed by atoms with Crippen molar-refractivity contribution >= 4 is 33.6 Å². The number of thioether (sulfide) groups is 1. The van der Waals surface area contributed by atoms with E-state index in [-0.39, 0.29) is 11.5 Å². The smallest absolute Gasteiger partial charge is 0.252 e. The Morgan fingerprint density at radius 1 is 1.56 bits per heavy atom. The van der Waals surface area contributed by atoms with Gasteiger partial charge in [-0.1, -0.05) is 12.1 Å². The summed E-state index contributed by atoms with van der Waals surface area (Å²) >= 11 is 5.26. The van der Waals surface area contributed by atoms with E-state index in [0.717, 1.165) is 22.4 Å². The fourth-order valence-electron chi connectivity index (χ4n) is 1.94. The van der Waals surface area contributed by atoms with Gasteiger partial charge in [-0.15, -0.1) is 0 Å². The zero-order valence-corrected chi connectivity index (χ0v) is 12.6. The normalized spacial score (nSPS) is 23.0. The molecule has 0 saturated carbocycles. The van der Waals surface area contributed by atoms with Crippen LogP contribution in [0.5, 0.6) is 0 Å². The topological polar surface area (TPSA) is 38.3 Å². The molecule has 0 aromatic heterocycles. The lowest BCUT2D eigenvalue weighted by atomic mass is 10.0. The number of hydrogen-bond donors (Lipinski definition) is 1. The Kier molecular flexibility index (Phi) is 4.70. The van der Waals surface area contributed by atoms with Gasteiger partial charge in [0.1, 0.15) is 0 Å². The molecule has 3 nitrogen and oxygen atoms in total. The van der Waals surface area contributed by atoms with Gasteiger partial charge in [0.2, 0.25) is 0 Å². The molecule has 1 aliphatic rings. The average molecular weight is 330 g/mol. The van der Waals surface area contributed by atoms with E-state index in [1.54, 1.807) is 7.11 Å². The Bertz CT molecular complexity index is 433. The fraction of sp³-hybridized carbons (Fsp3) is 0.462. The minimum Gasteiger partial charge on any atom is -0.376 e. The summed E-state index contributed by atoms with van der Waals surface area (Å²) in [5.41, 5.74) is 0.469. The molecule has 0 unspecified atom stereocenters. The molecule has 1 aliphatic heterocycles. The van der Waals surface area contributed by atoms with Crippen molar-refractivity contribution < 1.29 is 9.53 Å². The maximum Gasteiger partial charge on any atom is 0.252 e. The highest BCUT2D eigenvalue weighted by Gasteiger charge is 2.34. The van der Waals surface area contributed by atoms with Crippen molar-refractivity contribution in [2.45, 2.75) is 12.0 Å². The van der Waals surface area contributed by atoms with Crippen LogP contribution < -0.4 is 5.32 Å². The largest absolute Gasteiger partial charge is 0.376 e. The molecule has 0 bridgehead atoms. The molecule has 1 N–H and O–H groups in total. The first kappa shape index (κ1) is 13.9. The van der Waals surface area contributed by atoms with E-state index < -0.39 is 0 Å². The van der Waals surface area contributed by atoms with Gasteiger partial charge in [-0.2, -0.15) is 11.8 Å². The van der Waals surface area contributed by atoms with Crippen molar-refractivity contribution in [2.75, 3.05) is 25.2 Å². The van der Waals surface area contributed by atoms with Gasteiger partial charge in [0, 0.05) is 23.9 Å². The highest BCUT2D eigenvalue weighted by Crippen LogP contribution is 2.30. The second-order valence-corrected chi connectivity index (χ2v) is 6.31. The molecule has 1 heterocycles. The van der Waals surface area contributed by atoms with Crippen LogP contribution in [0.3, 0.4) is 0 Å². The van der Waals surface area contributed by atoms with Crippen molar-refractivity contribution in [1.82, 2.24) is 5.32 Å². The number of amides is 1. The Morgan fingerprint density at radius 2 is 2.33 bits per heavy atom. The summed E-state index contributed by atoms with van der Waals surface area (Å²) in [6.07, 6.45) is 0.990. The van der Waals surface area contributed by atoms with Crippen molar-refractivity contribution in [3.05, 3.63) is 34.3 Å². The van der Waals surface area contributed by atoms with Crippen LogP contribution >= 0.6 is 27.7 Å². The third kappa shape index (κ3) is 3.08. The molecule has 0 aliphatic carbocycles. The van der Waals surface area contributed by atoms with E-state index in [1.165, 1.54) is 0 Å². The lowest BCUT2D eigenvalue weighted by molar-refractivity contribution is 0.0137. The first-order chi connectivity index (χ1) is 8.67. The summed E-state index contributed by atoms with van der Waals surface area (Å²) in [7, 11) is 1.72. The summed E-state index contributed by atoms with van der Waals surface area (Å²) < 4.78 is 6.38. The summed E-state index contributed by atoms with van der Waals surface area (Å²) in [5, 5.41) is 2.97. The molecule has 1 saturated heterocycles. The molecule has 0 spiro atoms. The Labute approximate surface area is 120 Å². The van der Waals surface area contributed by atoms with Gasteiger partial charge in [0.15, 0.2) is 0 Å². The zero-order valence-electron chi connectivity index (χ0n) is 10.2. The van der Waals surface area contributed by atoms with Crippen molar-refractivity contribution in [3.63, 3.8) is 0 Å². The highest BCUT2D eigenvalue weighted by molar-refractivity contribution is 9.10. The molecule has 1 fully saturated rings. The molecule has 18 heavy (non-hydrogen) atoms. The standard InChI is InChI=1S/C13H16BrNO2S/c1-17-13(6-7-18-9-13)8-15-12(16)10-4-2-3-5-11(10)14/h2-5H,6-9H2,1H3,(H,15,16)/t13-/m0/s1. The van der Waals surface area contributed by atoms with Crippen LogP contribution in [-0.4, -0.2) is 36.7 Å². The minimum absolute atomic E-state index is 0.0594. The maximum absolute atomic E-state index is 12.1. The van der Waals surface area contributed by atoms with Crippen LogP contribution in [0.1, 0.15) is 16.8 Å². The number of ether oxygens (including phenoxy) is 1. The van der Waals surface area contributed by atoms with E-state index >= 15 is 0 Å². The number of hydrogen-bond acceptors (Lipinski definition) is 3. The van der Waals surface area contributed by atoms with Crippen LogP contribution in [-0.2, 0) is 4.74 Å². The van der Waals surface area contributed by atoms with Crippen molar-refractivity contribution in [1.29, 1.82) is 0 Å². The average Bonchev–Trinajstić information content (AvgIpc) is 2.86. The predicted octanol–water partition coefficient (Wildman–Crippen LogP) is 2.70. The summed E-state index contributed by atoms with van der Waals surface area (Å²) in [6.45, 7) is 0.566. The molecule has 1 aromatic rings. The Balaban J connectivity index is 1.98. The predicted molar refractivity (Wildman–Crippen MR) is 78.2 cm³/mol. The van der Waals surface area contributed by atoms with E-state index in [2.05, 4.69) is 21.2 Å². The number of nitrogens with one attached hydrogen (secondary N) is 1. The first-order valence-corrected chi connectivity index (χ1v) is 7.77. The molecule has 98 valence electrons. The quantitative estimate of drug-likeness (QED) is 0.922. The summed E-state index contributed by atoms with van der Waals surface area (Å²) in [6, 6.07) is 7.43. The van der Waals surface area contributed by atoms with E-state index in [1.807, 2.05) is 36.0 Å². The van der Waals surface area contributed by atoms with Crippen LogP contribution in [0.2, 0.25) is 0 Å². The summed E-state index contributed by atoms with van der Waals surface area (Å²) in [4.78, 5) is 12.1. The molecular formula is C13H16BrNO2S. The Morgan fingerprint density at radius 3 is 2.94 bits per heavy atom. The highest BCUT2D eigenvalue weighted by atomic mass is 79.9. The number of benzene rings is 1. The first-order valence-electron chi connectivity index (χ1n) is 5.82. The van der Waals surface area contributed by atoms with Gasteiger partial charge in [-0.05, 0) is 40.2 Å². The number of halogens is 1. The van der Waals surface area contributed by atoms with Gasteiger partial charge in [0.05, 0.1) is 11.2 Å². The molecule has 0 radical (unpaired) electrons. The van der Waals surface area contributed by atoms with Gasteiger partial charge >= 0.3 is 0 Å². The van der Waals surface area contributed by atoms with Crippen LogP contribution in [0.15, 0.2) is 28.7 Å². The van der Waals surface area contributed by atoms with Crippen molar-refractivity contribution in [3.8, 4) is 0 Å². The Hall–Kier alpha value is -0.520. The van der Waals surface area contributed by atoms with Gasteiger partial charge in [-0.3, -0.25) is 4.79 Å². The minimum atomic E-state index is -0.193. The number of rotatable bonds is 4. The van der Waals surface area contributed by atoms with Crippen LogP contribution in [0, 0.1) is 0 Å². The molecule has 1 amide bonds. The molecule has 5 heteroatoms. The third-order valence-electron chi connectivity index (χ3n) is 3.19. The molecule has 2 rings (SSSR count). The SMILES string of the molecule is CO[C@]1(CNC(=O)c2ccccc2Br)CCSC1. The van der Waals surface area contributed by atoms with Crippen molar-refractivity contribution in [2.24, 2.45) is 0 Å². The lowest BCUT2D eigenvalue weighted by Crippen LogP contribution is -2.44. The van der Waals surface area contributed by atoms with Crippen LogP contribution in [0.4, 0.5) is 0 Å². The number of methoxy groups -OCH3 is 1. The zero-order chi connectivity index (χ0) is 13.0. The number of carbonyl (C=O) groups excluding carboxylic acids is 1. The maximum atomic E-state index is 12.1. The van der Waals surface area contributed by atoms with Gasteiger partial charge in [-0.25, -0.2) is 0 Å². The van der Waals surface area contributed by atoms with Gasteiger partial charge < -0.3 is 10.1 Å². The monoisotopic (exact) mass is 329 g/mol. The second-order valence-electron chi connectivity index (χ2n) is 4.35. The molecular weight excluding hydrogens is 314 g/mol. The second kappa shape index (κ2) is 6.08. The third-order valence-corrected chi connectivity index (χ3v) is 5.10. The fourth-order valence-corrected chi connectivity index (χ4v) is 3.80. The van der Waals surface area contributed by atoms with Gasteiger partial charge in [0.25, 0.3) is 5.91 Å². The summed E-state index contributed by atoms with van der Waals surface area (Å²) in [5.74, 6) is 1.98. The lowest BCUT2D eigenvalue weighted by Gasteiger charge is -2.26. The number of carbonyl (C=O) groups is 1. The van der Waals surface area contributed by atoms with E-state index in [0.29, 0.717) is 12.1 Å².